The largest absolute Gasteiger partial charge is 0.339 e. The SMILES string of the molecule is CC(Br)C(Br)=C(Br)C(O)(O)O. The smallest absolute Gasteiger partial charge is 0.312 e. The molecule has 1 atom stereocenters. The summed E-state index contributed by atoms with van der Waals surface area (Å²) < 4.78 is 0.319. The van der Waals surface area contributed by atoms with Crippen LogP contribution in [0.3, 0.4) is 0 Å². The zero-order valence-corrected chi connectivity index (χ0v) is 10.3. The number of halogens is 3. The van der Waals surface area contributed by atoms with Crippen molar-refractivity contribution in [3.63, 3.8) is 0 Å². The van der Waals surface area contributed by atoms with Crippen molar-refractivity contribution < 1.29 is 15.3 Å². The van der Waals surface area contributed by atoms with E-state index in [9.17, 15) is 0 Å². The lowest BCUT2D eigenvalue weighted by atomic mass is 10.4. The molecule has 0 saturated carbocycles. The molecule has 0 aromatic rings. The molecule has 1 unspecified atom stereocenters. The zero-order chi connectivity index (χ0) is 9.23. The Bertz CT molecular complexity index is 170. The van der Waals surface area contributed by atoms with Crippen molar-refractivity contribution in [2.45, 2.75) is 17.7 Å². The lowest BCUT2D eigenvalue weighted by Gasteiger charge is -2.15. The molecule has 3 nitrogen and oxygen atoms in total. The van der Waals surface area contributed by atoms with E-state index >= 15 is 0 Å². The molecule has 11 heavy (non-hydrogen) atoms. The number of allylic oxidation sites excluding steroid dienone is 1. The molecule has 0 fully saturated rings. The summed E-state index contributed by atoms with van der Waals surface area (Å²) in [5.74, 6) is -2.82. The summed E-state index contributed by atoms with van der Waals surface area (Å²) in [6, 6.07) is 0. The van der Waals surface area contributed by atoms with Gasteiger partial charge in [-0.1, -0.05) is 31.9 Å². The van der Waals surface area contributed by atoms with Crippen LogP contribution in [0.5, 0.6) is 0 Å². The highest BCUT2D eigenvalue weighted by atomic mass is 79.9. The van der Waals surface area contributed by atoms with Crippen LogP contribution in [0.2, 0.25) is 0 Å². The molecule has 0 saturated heterocycles. The van der Waals surface area contributed by atoms with Gasteiger partial charge in [-0.15, -0.1) is 0 Å². The van der Waals surface area contributed by atoms with E-state index in [2.05, 4.69) is 47.8 Å². The number of aliphatic hydroxyl groups is 3. The molecule has 6 heteroatoms. The van der Waals surface area contributed by atoms with Crippen LogP contribution in [0.4, 0.5) is 0 Å². The predicted octanol–water partition coefficient (Wildman–Crippen LogP) is 1.40. The normalized spacial score (nSPS) is 17.7. The molecule has 0 aromatic heterocycles. The molecule has 0 spiro atoms. The molecular weight excluding hydrogens is 348 g/mol. The molecule has 0 aliphatic rings. The van der Waals surface area contributed by atoms with Gasteiger partial charge in [0.15, 0.2) is 0 Å². The van der Waals surface area contributed by atoms with Crippen molar-refractivity contribution in [2.24, 2.45) is 0 Å². The first-order valence-corrected chi connectivity index (χ1v) is 5.13. The fraction of sp³-hybridized carbons (Fsp3) is 0.600. The van der Waals surface area contributed by atoms with E-state index in [1.54, 1.807) is 6.92 Å². The highest BCUT2D eigenvalue weighted by molar-refractivity contribution is 9.15. The van der Waals surface area contributed by atoms with Gasteiger partial charge in [0.25, 0.3) is 0 Å². The van der Waals surface area contributed by atoms with Gasteiger partial charge >= 0.3 is 5.97 Å². The summed E-state index contributed by atoms with van der Waals surface area (Å²) in [6.45, 7) is 1.76. The second kappa shape index (κ2) is 4.34. The van der Waals surface area contributed by atoms with Crippen molar-refractivity contribution in [1.29, 1.82) is 0 Å². The molecule has 0 heterocycles. The van der Waals surface area contributed by atoms with Crippen LogP contribution in [0.1, 0.15) is 6.92 Å². The van der Waals surface area contributed by atoms with Crippen molar-refractivity contribution >= 4 is 47.8 Å². The first-order valence-electron chi connectivity index (χ1n) is 2.63. The van der Waals surface area contributed by atoms with Crippen LogP contribution in [0.15, 0.2) is 8.96 Å². The topological polar surface area (TPSA) is 60.7 Å². The minimum absolute atomic E-state index is 0.109. The summed E-state index contributed by atoms with van der Waals surface area (Å²) in [4.78, 5) is -0.109. The summed E-state index contributed by atoms with van der Waals surface area (Å²) in [5, 5.41) is 26.0. The van der Waals surface area contributed by atoms with Crippen molar-refractivity contribution in [3.05, 3.63) is 8.96 Å². The maximum absolute atomic E-state index is 8.66. The van der Waals surface area contributed by atoms with E-state index in [-0.39, 0.29) is 9.31 Å². The molecular formula is C5H7Br3O3. The van der Waals surface area contributed by atoms with Gasteiger partial charge in [0.1, 0.15) is 0 Å². The summed E-state index contributed by atoms with van der Waals surface area (Å²) >= 11 is 9.03. The monoisotopic (exact) mass is 352 g/mol. The molecule has 0 rings (SSSR count). The number of alkyl halides is 1. The molecule has 0 aromatic carbocycles. The molecule has 0 radical (unpaired) electrons. The Kier molecular flexibility index (Phi) is 4.76. The third-order valence-corrected chi connectivity index (χ3v) is 4.50. The van der Waals surface area contributed by atoms with Gasteiger partial charge in [0, 0.05) is 9.31 Å². The Balaban J connectivity index is 4.67. The average Bonchev–Trinajstić information content (AvgIpc) is 1.82. The molecule has 0 bridgehead atoms. The molecule has 3 N–H and O–H groups in total. The molecule has 0 aliphatic heterocycles. The minimum atomic E-state index is -2.82. The highest BCUT2D eigenvalue weighted by Crippen LogP contribution is 2.30. The average molecular weight is 355 g/mol. The lowest BCUT2D eigenvalue weighted by Crippen LogP contribution is -2.28. The second-order valence-corrected chi connectivity index (χ2v) is 4.93. The standard InChI is InChI=1S/C5H7Br3O3/c1-2(6)3(7)4(8)5(9,10)11/h2,9-11H,1H3. The Morgan fingerprint density at radius 3 is 1.73 bits per heavy atom. The fourth-order valence-electron chi connectivity index (χ4n) is 0.335. The van der Waals surface area contributed by atoms with Crippen LogP contribution >= 0.6 is 47.8 Å². The van der Waals surface area contributed by atoms with E-state index in [0.29, 0.717) is 4.48 Å². The van der Waals surface area contributed by atoms with Gasteiger partial charge in [-0.25, -0.2) is 0 Å². The maximum atomic E-state index is 8.66. The third-order valence-electron chi connectivity index (χ3n) is 0.853. The van der Waals surface area contributed by atoms with Crippen LogP contribution in [-0.2, 0) is 0 Å². The number of hydrogen-bond acceptors (Lipinski definition) is 3. The number of hydrogen-bond donors (Lipinski definition) is 3. The van der Waals surface area contributed by atoms with Crippen LogP contribution in [-0.4, -0.2) is 26.1 Å². The van der Waals surface area contributed by atoms with Gasteiger partial charge in [0.05, 0.1) is 4.48 Å². The van der Waals surface area contributed by atoms with Gasteiger partial charge < -0.3 is 15.3 Å². The predicted molar refractivity (Wildman–Crippen MR) is 52.7 cm³/mol. The number of rotatable bonds is 2. The lowest BCUT2D eigenvalue weighted by molar-refractivity contribution is -0.275. The summed E-state index contributed by atoms with van der Waals surface area (Å²) in [5.41, 5.74) is 0. The molecule has 0 amide bonds. The zero-order valence-electron chi connectivity index (χ0n) is 5.55. The highest BCUT2D eigenvalue weighted by Gasteiger charge is 2.26. The minimum Gasteiger partial charge on any atom is -0.339 e. The summed E-state index contributed by atoms with van der Waals surface area (Å²) in [6.07, 6.45) is 0. The first-order chi connectivity index (χ1) is 4.76. The third kappa shape index (κ3) is 4.00. The van der Waals surface area contributed by atoms with E-state index in [1.165, 1.54) is 0 Å². The fourth-order valence-corrected chi connectivity index (χ4v) is 1.48. The second-order valence-electron chi connectivity index (χ2n) is 1.91. The van der Waals surface area contributed by atoms with Crippen molar-refractivity contribution in [3.8, 4) is 0 Å². The maximum Gasteiger partial charge on any atom is 0.312 e. The Labute approximate surface area is 89.5 Å². The van der Waals surface area contributed by atoms with E-state index in [0.717, 1.165) is 0 Å². The molecule has 0 aliphatic carbocycles. The van der Waals surface area contributed by atoms with Crippen LogP contribution in [0.25, 0.3) is 0 Å². The Morgan fingerprint density at radius 2 is 1.64 bits per heavy atom. The van der Waals surface area contributed by atoms with Crippen LogP contribution < -0.4 is 0 Å². The summed E-state index contributed by atoms with van der Waals surface area (Å²) in [7, 11) is 0. The van der Waals surface area contributed by atoms with Gasteiger partial charge in [-0.3, -0.25) is 0 Å². The van der Waals surface area contributed by atoms with Crippen molar-refractivity contribution in [2.75, 3.05) is 0 Å². The van der Waals surface area contributed by atoms with Gasteiger partial charge in [-0.2, -0.15) is 0 Å². The Morgan fingerprint density at radius 1 is 1.27 bits per heavy atom. The van der Waals surface area contributed by atoms with Gasteiger partial charge in [-0.05, 0) is 22.9 Å². The van der Waals surface area contributed by atoms with E-state index in [1.807, 2.05) is 0 Å². The quantitative estimate of drug-likeness (QED) is 0.519. The molecule has 66 valence electrons. The van der Waals surface area contributed by atoms with Crippen LogP contribution in [0, 0.1) is 0 Å². The van der Waals surface area contributed by atoms with E-state index in [4.69, 9.17) is 15.3 Å². The van der Waals surface area contributed by atoms with E-state index < -0.39 is 5.97 Å². The van der Waals surface area contributed by atoms with Crippen molar-refractivity contribution in [1.82, 2.24) is 0 Å². The first kappa shape index (κ1) is 12.1. The Hall–Kier alpha value is 1.06. The van der Waals surface area contributed by atoms with Gasteiger partial charge in [0.2, 0.25) is 0 Å².